The minimum Gasteiger partial charge on any atom is -0.460 e. The van der Waals surface area contributed by atoms with E-state index in [2.05, 4.69) is 31.7 Å². The molecule has 0 amide bonds. The summed E-state index contributed by atoms with van der Waals surface area (Å²) in [7, 11) is 0. The van der Waals surface area contributed by atoms with Crippen LogP contribution in [0.15, 0.2) is 48.5 Å². The normalized spacial score (nSPS) is 23.3. The van der Waals surface area contributed by atoms with Gasteiger partial charge in [-0.05, 0) is 74.9 Å². The second kappa shape index (κ2) is 14.9. The molecule has 9 heteroatoms. The topological polar surface area (TPSA) is 74.8 Å². The van der Waals surface area contributed by atoms with E-state index in [9.17, 15) is 9.59 Å². The van der Waals surface area contributed by atoms with Gasteiger partial charge in [-0.3, -0.25) is 24.4 Å². The lowest BCUT2D eigenvalue weighted by molar-refractivity contribution is -0.296. The van der Waals surface area contributed by atoms with Crippen LogP contribution in [0.25, 0.3) is 0 Å². The predicted molar refractivity (Wildman–Crippen MR) is 163 cm³/mol. The highest BCUT2D eigenvalue weighted by molar-refractivity contribution is 5.96. The van der Waals surface area contributed by atoms with Gasteiger partial charge in [0.05, 0.1) is 24.5 Å². The number of carbonyl (C=O) groups excluding carboxylic acids is 2. The van der Waals surface area contributed by atoms with Gasteiger partial charge in [0.15, 0.2) is 5.78 Å². The highest BCUT2D eigenvalue weighted by Crippen LogP contribution is 2.27. The summed E-state index contributed by atoms with van der Waals surface area (Å²) in [6.45, 7) is 9.32. The molecule has 4 fully saturated rings. The van der Waals surface area contributed by atoms with Crippen molar-refractivity contribution in [2.45, 2.75) is 70.4 Å². The van der Waals surface area contributed by atoms with Gasteiger partial charge in [-0.25, -0.2) is 14.6 Å². The Morgan fingerprint density at radius 3 is 1.70 bits per heavy atom. The number of carbonyl (C=O) groups is 2. The molecule has 232 valence electrons. The number of nitrogens with zero attached hydrogens (tertiary/aromatic N) is 4. The minimum absolute atomic E-state index is 0.0193. The first-order valence-electron chi connectivity index (χ1n) is 16.2. The van der Waals surface area contributed by atoms with Gasteiger partial charge in [-0.2, -0.15) is 0 Å². The van der Waals surface area contributed by atoms with Crippen LogP contribution in [-0.4, -0.2) is 103 Å². The van der Waals surface area contributed by atoms with E-state index in [-0.39, 0.29) is 38.0 Å². The van der Waals surface area contributed by atoms with E-state index in [1.807, 2.05) is 36.4 Å². The summed E-state index contributed by atoms with van der Waals surface area (Å²) in [6.07, 6.45) is 8.90. The Morgan fingerprint density at radius 2 is 1.12 bits per heavy atom. The maximum Gasteiger partial charge on any atom is 0.338 e. The standard InChI is InChI=1S/C34H46N4O5/c39-31(29-11-7-27(8-12-29)25-37-20-3-18-35-16-1-5-32(35)37)15-22-42-43-24-23-41-34(40)30-13-9-28(10-14-30)26-38-21-4-19-36-17-2-6-33(36)38/h7-14,32-33H,1-6,15-26H2. The molecule has 0 aromatic heterocycles. The van der Waals surface area contributed by atoms with Crippen LogP contribution in [0.2, 0.25) is 0 Å². The summed E-state index contributed by atoms with van der Waals surface area (Å²) in [4.78, 5) is 45.6. The zero-order chi connectivity index (χ0) is 29.4. The van der Waals surface area contributed by atoms with E-state index in [0.29, 0.717) is 23.5 Å². The van der Waals surface area contributed by atoms with Crippen LogP contribution in [0.4, 0.5) is 0 Å². The summed E-state index contributed by atoms with van der Waals surface area (Å²) in [5.41, 5.74) is 3.67. The molecule has 43 heavy (non-hydrogen) atoms. The largest absolute Gasteiger partial charge is 0.460 e. The number of hydrogen-bond acceptors (Lipinski definition) is 9. The first kappa shape index (κ1) is 30.4. The Hall–Kier alpha value is -2.66. The van der Waals surface area contributed by atoms with Crippen LogP contribution < -0.4 is 0 Å². The second-order valence-corrected chi connectivity index (χ2v) is 12.3. The average molecular weight is 591 g/mol. The van der Waals surface area contributed by atoms with Crippen molar-refractivity contribution in [1.29, 1.82) is 0 Å². The zero-order valence-corrected chi connectivity index (χ0v) is 25.3. The number of Topliss-reactive ketones (excluding diaryl/α,β-unsaturated/α-hetero) is 1. The molecule has 2 aromatic rings. The average Bonchev–Trinajstić information content (AvgIpc) is 3.72. The van der Waals surface area contributed by atoms with Crippen LogP contribution >= 0.6 is 0 Å². The molecule has 0 N–H and O–H groups in total. The van der Waals surface area contributed by atoms with Crippen LogP contribution in [0.3, 0.4) is 0 Å². The van der Waals surface area contributed by atoms with Crippen LogP contribution in [0.5, 0.6) is 0 Å². The van der Waals surface area contributed by atoms with Gasteiger partial charge in [0.25, 0.3) is 0 Å². The lowest BCUT2D eigenvalue weighted by atomic mass is 10.1. The smallest absolute Gasteiger partial charge is 0.338 e. The van der Waals surface area contributed by atoms with Crippen molar-refractivity contribution < 1.29 is 24.1 Å². The summed E-state index contributed by atoms with van der Waals surface area (Å²) in [5, 5.41) is 0. The van der Waals surface area contributed by atoms with Crippen LogP contribution in [0, 0.1) is 0 Å². The van der Waals surface area contributed by atoms with E-state index in [0.717, 1.165) is 26.2 Å². The Kier molecular flexibility index (Phi) is 10.5. The molecule has 4 saturated heterocycles. The molecule has 0 saturated carbocycles. The molecule has 9 nitrogen and oxygen atoms in total. The molecular weight excluding hydrogens is 544 g/mol. The number of ketones is 1. The van der Waals surface area contributed by atoms with Crippen molar-refractivity contribution in [1.82, 2.24) is 19.6 Å². The van der Waals surface area contributed by atoms with E-state index in [1.54, 1.807) is 0 Å². The molecule has 0 spiro atoms. The third kappa shape index (κ3) is 7.90. The lowest BCUT2D eigenvalue weighted by Gasteiger charge is -2.40. The van der Waals surface area contributed by atoms with Crippen LogP contribution in [0.1, 0.15) is 76.8 Å². The van der Waals surface area contributed by atoms with E-state index < -0.39 is 0 Å². The number of ether oxygens (including phenoxy) is 1. The van der Waals surface area contributed by atoms with Gasteiger partial charge in [0.1, 0.15) is 13.2 Å². The highest BCUT2D eigenvalue weighted by atomic mass is 17.2. The molecule has 2 aromatic carbocycles. The maximum atomic E-state index is 12.6. The fraction of sp³-hybridized carbons (Fsp3) is 0.588. The molecule has 2 unspecified atom stereocenters. The molecule has 2 atom stereocenters. The number of rotatable bonds is 13. The maximum absolute atomic E-state index is 12.6. The molecular formula is C34H46N4O5. The summed E-state index contributed by atoms with van der Waals surface area (Å²) in [5.74, 6) is -0.361. The predicted octanol–water partition coefficient (Wildman–Crippen LogP) is 4.32. The van der Waals surface area contributed by atoms with E-state index in [4.69, 9.17) is 14.5 Å². The van der Waals surface area contributed by atoms with Gasteiger partial charge in [-0.15, -0.1) is 0 Å². The molecule has 4 heterocycles. The number of esters is 1. The van der Waals surface area contributed by atoms with Crippen molar-refractivity contribution in [2.75, 3.05) is 59.1 Å². The van der Waals surface area contributed by atoms with Gasteiger partial charge in [-0.1, -0.05) is 36.4 Å². The number of hydrogen-bond donors (Lipinski definition) is 0. The Labute approximate surface area is 255 Å². The lowest BCUT2D eigenvalue weighted by Crippen LogP contribution is -2.49. The quantitative estimate of drug-likeness (QED) is 0.112. The summed E-state index contributed by atoms with van der Waals surface area (Å²) < 4.78 is 5.33. The number of fused-ring (bicyclic) bond motifs is 2. The Bertz CT molecular complexity index is 1110. The van der Waals surface area contributed by atoms with E-state index in [1.165, 1.54) is 75.8 Å². The fourth-order valence-electron chi connectivity index (χ4n) is 7.25. The van der Waals surface area contributed by atoms with Gasteiger partial charge in [0, 0.05) is 51.3 Å². The third-order valence-corrected chi connectivity index (χ3v) is 9.42. The minimum atomic E-state index is -0.380. The summed E-state index contributed by atoms with van der Waals surface area (Å²) in [6, 6.07) is 15.7. The van der Waals surface area contributed by atoms with E-state index >= 15 is 0 Å². The first-order valence-corrected chi connectivity index (χ1v) is 16.2. The Morgan fingerprint density at radius 1 is 0.605 bits per heavy atom. The fourth-order valence-corrected chi connectivity index (χ4v) is 7.25. The highest BCUT2D eigenvalue weighted by Gasteiger charge is 2.33. The first-order chi connectivity index (χ1) is 21.1. The molecule has 0 bridgehead atoms. The molecule has 6 rings (SSSR count). The monoisotopic (exact) mass is 590 g/mol. The third-order valence-electron chi connectivity index (χ3n) is 9.42. The van der Waals surface area contributed by atoms with Crippen molar-refractivity contribution in [3.8, 4) is 0 Å². The summed E-state index contributed by atoms with van der Waals surface area (Å²) >= 11 is 0. The van der Waals surface area contributed by atoms with Crippen LogP contribution in [-0.2, 0) is 27.6 Å². The SMILES string of the molecule is O=C(CCOOCCOC(=O)c1ccc(CN2CCCN3CCCC32)cc1)c1ccc(CN2CCCN3CCCC32)cc1. The molecule has 0 radical (unpaired) electrons. The molecule has 0 aliphatic carbocycles. The number of benzene rings is 2. The van der Waals surface area contributed by atoms with Gasteiger partial charge in [0.2, 0.25) is 0 Å². The molecule has 4 aliphatic heterocycles. The van der Waals surface area contributed by atoms with Crippen molar-refractivity contribution >= 4 is 11.8 Å². The molecule has 4 aliphatic rings. The van der Waals surface area contributed by atoms with Gasteiger partial charge >= 0.3 is 5.97 Å². The van der Waals surface area contributed by atoms with Crippen molar-refractivity contribution in [2.24, 2.45) is 0 Å². The Balaban J connectivity index is 0.837. The zero-order valence-electron chi connectivity index (χ0n) is 25.3. The second-order valence-electron chi connectivity index (χ2n) is 12.3. The van der Waals surface area contributed by atoms with Crippen molar-refractivity contribution in [3.05, 3.63) is 70.8 Å². The van der Waals surface area contributed by atoms with Gasteiger partial charge < -0.3 is 4.74 Å². The van der Waals surface area contributed by atoms with Crippen molar-refractivity contribution in [3.63, 3.8) is 0 Å².